The summed E-state index contributed by atoms with van der Waals surface area (Å²) in [6, 6.07) is 10.00. The number of primary amides is 1. The van der Waals surface area contributed by atoms with E-state index in [1.165, 1.54) is 13.0 Å². The Hall–Kier alpha value is -2.89. The van der Waals surface area contributed by atoms with Gasteiger partial charge in [0.05, 0.1) is 0 Å². The van der Waals surface area contributed by atoms with Gasteiger partial charge in [-0.3, -0.25) is 9.59 Å². The van der Waals surface area contributed by atoms with E-state index in [9.17, 15) is 14.0 Å². The van der Waals surface area contributed by atoms with E-state index in [-0.39, 0.29) is 22.7 Å². The van der Waals surface area contributed by atoms with Gasteiger partial charge in [0.1, 0.15) is 5.82 Å². The number of carbonyl (C=O) groups excluding carboxylic acids is 2. The van der Waals surface area contributed by atoms with Gasteiger partial charge < -0.3 is 16.0 Å². The summed E-state index contributed by atoms with van der Waals surface area (Å²) in [5.74, 6) is -1.73. The molecule has 0 heterocycles. The second-order valence-electron chi connectivity index (χ2n) is 6.38. The first-order valence-corrected chi connectivity index (χ1v) is 8.52. The van der Waals surface area contributed by atoms with Crippen molar-refractivity contribution < 1.29 is 14.0 Å². The van der Waals surface area contributed by atoms with E-state index >= 15 is 0 Å². The number of hydrogen-bond acceptors (Lipinski definition) is 3. The van der Waals surface area contributed by atoms with E-state index in [2.05, 4.69) is 31.0 Å². The minimum absolute atomic E-state index is 0.00858. The molecule has 0 radical (unpaired) electrons. The molecule has 0 aliphatic rings. The molecule has 26 heavy (non-hydrogen) atoms. The van der Waals surface area contributed by atoms with Crippen molar-refractivity contribution in [3.63, 3.8) is 0 Å². The summed E-state index contributed by atoms with van der Waals surface area (Å²) >= 11 is 0. The number of nitrogens with two attached hydrogens (primary N) is 1. The van der Waals surface area contributed by atoms with Crippen LogP contribution in [0.15, 0.2) is 36.4 Å². The molecule has 3 N–H and O–H groups in total. The van der Waals surface area contributed by atoms with Crippen LogP contribution >= 0.6 is 0 Å². The Labute approximate surface area is 153 Å². The lowest BCUT2D eigenvalue weighted by Gasteiger charge is -2.27. The van der Waals surface area contributed by atoms with Crippen molar-refractivity contribution >= 4 is 23.2 Å². The topological polar surface area (TPSA) is 75.4 Å². The van der Waals surface area contributed by atoms with Crippen LogP contribution in [0.2, 0.25) is 0 Å². The number of nitrogens with zero attached hydrogens (tertiary/aromatic N) is 1. The first-order valence-electron chi connectivity index (χ1n) is 8.52. The Morgan fingerprint density at radius 2 is 1.77 bits per heavy atom. The molecule has 0 unspecified atom stereocenters. The Kier molecular flexibility index (Phi) is 5.97. The molecule has 2 aromatic rings. The van der Waals surface area contributed by atoms with Gasteiger partial charge in [0.25, 0.3) is 5.91 Å². The van der Waals surface area contributed by atoms with Gasteiger partial charge in [-0.05, 0) is 64.1 Å². The number of benzene rings is 2. The predicted molar refractivity (Wildman–Crippen MR) is 102 cm³/mol. The summed E-state index contributed by atoms with van der Waals surface area (Å²) in [6.45, 7) is 8.67. The molecule has 0 atom stereocenters. The molecule has 0 aromatic heterocycles. The quantitative estimate of drug-likeness (QED) is 0.827. The van der Waals surface area contributed by atoms with Gasteiger partial charge in [0.15, 0.2) is 0 Å². The van der Waals surface area contributed by atoms with Gasteiger partial charge in [0.2, 0.25) is 5.91 Å². The minimum atomic E-state index is -0.753. The van der Waals surface area contributed by atoms with Gasteiger partial charge in [0, 0.05) is 40.7 Å². The van der Waals surface area contributed by atoms with Gasteiger partial charge >= 0.3 is 0 Å². The molecule has 2 amide bonds. The maximum Gasteiger partial charge on any atom is 0.255 e. The summed E-state index contributed by atoms with van der Waals surface area (Å²) in [5.41, 5.74) is 7.15. The molecule has 0 saturated carbocycles. The van der Waals surface area contributed by atoms with Crippen LogP contribution in [0.4, 0.5) is 15.8 Å². The summed E-state index contributed by atoms with van der Waals surface area (Å²) < 4.78 is 13.9. The Morgan fingerprint density at radius 3 is 2.27 bits per heavy atom. The average molecular weight is 357 g/mol. The van der Waals surface area contributed by atoms with Gasteiger partial charge in [-0.25, -0.2) is 4.39 Å². The molecular formula is C20H24FN3O2. The summed E-state index contributed by atoms with van der Waals surface area (Å²) in [4.78, 5) is 26.0. The molecule has 0 saturated heterocycles. The molecule has 138 valence electrons. The number of anilines is 2. The summed E-state index contributed by atoms with van der Waals surface area (Å²) in [6.07, 6.45) is 0. The second-order valence-corrected chi connectivity index (χ2v) is 6.38. The van der Waals surface area contributed by atoms with Crippen molar-refractivity contribution in [2.45, 2.75) is 33.7 Å². The third-order valence-corrected chi connectivity index (χ3v) is 4.30. The lowest BCUT2D eigenvalue weighted by molar-refractivity contribution is 0.0995. The first-order chi connectivity index (χ1) is 12.2. The molecule has 2 rings (SSSR count). The van der Waals surface area contributed by atoms with Crippen molar-refractivity contribution in [3.05, 3.63) is 58.9 Å². The number of hydrogen-bond donors (Lipinski definition) is 2. The zero-order chi connectivity index (χ0) is 19.4. The lowest BCUT2D eigenvalue weighted by atomic mass is 10.1. The fourth-order valence-electron chi connectivity index (χ4n) is 2.80. The number of amides is 2. The maximum absolute atomic E-state index is 13.9. The highest BCUT2D eigenvalue weighted by Gasteiger charge is 2.14. The molecule has 0 bridgehead atoms. The summed E-state index contributed by atoms with van der Waals surface area (Å²) in [5, 5.41) is 2.65. The Bertz CT molecular complexity index is 817. The van der Waals surface area contributed by atoms with Crippen LogP contribution in [-0.2, 0) is 0 Å². The molecule has 0 aliphatic carbocycles. The van der Waals surface area contributed by atoms with Crippen molar-refractivity contribution in [1.29, 1.82) is 0 Å². The number of nitrogens with one attached hydrogen (secondary N) is 1. The van der Waals surface area contributed by atoms with Crippen molar-refractivity contribution in [1.82, 2.24) is 0 Å². The summed E-state index contributed by atoms with van der Waals surface area (Å²) in [7, 11) is 0. The van der Waals surface area contributed by atoms with E-state index in [1.807, 2.05) is 12.1 Å². The molecule has 0 aliphatic heterocycles. The SMILES string of the molecule is CCN(c1ccc(C(=O)Nc2cc(C(N)=O)cc(F)c2C)cc1)C(C)C. The van der Waals surface area contributed by atoms with E-state index in [0.29, 0.717) is 11.6 Å². The monoisotopic (exact) mass is 357 g/mol. The molecular weight excluding hydrogens is 333 g/mol. The lowest BCUT2D eigenvalue weighted by Crippen LogP contribution is -2.30. The van der Waals surface area contributed by atoms with Crippen LogP contribution in [0.5, 0.6) is 0 Å². The van der Waals surface area contributed by atoms with Crippen LogP contribution in [0, 0.1) is 12.7 Å². The van der Waals surface area contributed by atoms with E-state index in [1.54, 1.807) is 12.1 Å². The van der Waals surface area contributed by atoms with Crippen LogP contribution in [0.25, 0.3) is 0 Å². The zero-order valence-corrected chi connectivity index (χ0v) is 15.5. The van der Waals surface area contributed by atoms with Crippen LogP contribution < -0.4 is 16.0 Å². The average Bonchev–Trinajstić information content (AvgIpc) is 2.59. The normalized spacial score (nSPS) is 10.7. The highest BCUT2D eigenvalue weighted by molar-refractivity contribution is 6.05. The first kappa shape index (κ1) is 19.4. The largest absolute Gasteiger partial charge is 0.369 e. The van der Waals surface area contributed by atoms with Crippen molar-refractivity contribution in [2.75, 3.05) is 16.8 Å². The van der Waals surface area contributed by atoms with Crippen molar-refractivity contribution in [2.24, 2.45) is 5.73 Å². The molecule has 2 aromatic carbocycles. The van der Waals surface area contributed by atoms with E-state index in [0.717, 1.165) is 18.3 Å². The molecule has 0 fully saturated rings. The molecule has 0 spiro atoms. The van der Waals surface area contributed by atoms with Gasteiger partial charge in [-0.2, -0.15) is 0 Å². The van der Waals surface area contributed by atoms with Gasteiger partial charge in [-0.1, -0.05) is 0 Å². The Balaban J connectivity index is 2.24. The highest BCUT2D eigenvalue weighted by atomic mass is 19.1. The maximum atomic E-state index is 13.9. The Morgan fingerprint density at radius 1 is 1.15 bits per heavy atom. The van der Waals surface area contributed by atoms with E-state index < -0.39 is 11.7 Å². The van der Waals surface area contributed by atoms with Crippen LogP contribution in [-0.4, -0.2) is 24.4 Å². The fraction of sp³-hybridized carbons (Fsp3) is 0.300. The standard InChI is InChI=1S/C20H24FN3O2/c1-5-24(12(2)3)16-8-6-14(7-9-16)20(26)23-18-11-15(19(22)25)10-17(21)13(18)4/h6-12H,5H2,1-4H3,(H2,22,25)(H,23,26). The number of rotatable bonds is 6. The third kappa shape index (κ3) is 4.20. The highest BCUT2D eigenvalue weighted by Crippen LogP contribution is 2.22. The number of halogens is 1. The van der Waals surface area contributed by atoms with Crippen molar-refractivity contribution in [3.8, 4) is 0 Å². The second kappa shape index (κ2) is 7.99. The van der Waals surface area contributed by atoms with Crippen LogP contribution in [0.1, 0.15) is 47.1 Å². The third-order valence-electron chi connectivity index (χ3n) is 4.30. The fourth-order valence-corrected chi connectivity index (χ4v) is 2.80. The molecule has 6 heteroatoms. The van der Waals surface area contributed by atoms with Gasteiger partial charge in [-0.15, -0.1) is 0 Å². The predicted octanol–water partition coefficient (Wildman–Crippen LogP) is 3.72. The number of carbonyl (C=O) groups is 2. The van der Waals surface area contributed by atoms with E-state index in [4.69, 9.17) is 5.73 Å². The minimum Gasteiger partial charge on any atom is -0.369 e. The zero-order valence-electron chi connectivity index (χ0n) is 15.5. The molecule has 5 nitrogen and oxygen atoms in total. The smallest absolute Gasteiger partial charge is 0.255 e. The van der Waals surface area contributed by atoms with Crippen LogP contribution in [0.3, 0.4) is 0 Å².